The maximum Gasteiger partial charge on any atom is 0.252 e. The third-order valence-electron chi connectivity index (χ3n) is 3.13. The first-order valence-corrected chi connectivity index (χ1v) is 7.00. The number of benzene rings is 1. The van der Waals surface area contributed by atoms with Crippen LogP contribution in [0.15, 0.2) is 18.2 Å². The van der Waals surface area contributed by atoms with E-state index in [0.29, 0.717) is 0 Å². The average Bonchev–Trinajstić information content (AvgIpc) is 2.32. The van der Waals surface area contributed by atoms with Gasteiger partial charge in [-0.05, 0) is 38.8 Å². The highest BCUT2D eigenvalue weighted by Crippen LogP contribution is 2.16. The van der Waals surface area contributed by atoms with E-state index in [1.54, 1.807) is 0 Å². The number of aryl methyl sites for hydroxylation is 2. The third kappa shape index (κ3) is 3.56. The monoisotopic (exact) mass is 297 g/mol. The molecule has 1 rings (SSSR count). The zero-order valence-electron chi connectivity index (χ0n) is 10.9. The third-order valence-corrected chi connectivity index (χ3v) is 4.37. The van der Waals surface area contributed by atoms with E-state index >= 15 is 0 Å². The van der Waals surface area contributed by atoms with Gasteiger partial charge in [0.05, 0.1) is 0 Å². The van der Waals surface area contributed by atoms with Crippen molar-refractivity contribution in [3.05, 3.63) is 34.9 Å². The van der Waals surface area contributed by atoms with E-state index in [2.05, 4.69) is 28.2 Å². The largest absolute Gasteiger partial charge is 0.346 e. The van der Waals surface area contributed by atoms with Gasteiger partial charge in [-0.25, -0.2) is 0 Å². The average molecular weight is 298 g/mol. The summed E-state index contributed by atoms with van der Waals surface area (Å²) in [6, 6.07) is 5.95. The zero-order valence-corrected chi connectivity index (χ0v) is 12.5. The minimum atomic E-state index is -0.187. The van der Waals surface area contributed by atoms with Crippen molar-refractivity contribution in [2.75, 3.05) is 5.33 Å². The van der Waals surface area contributed by atoms with Gasteiger partial charge in [0.2, 0.25) is 0 Å². The smallest absolute Gasteiger partial charge is 0.252 e. The van der Waals surface area contributed by atoms with Gasteiger partial charge in [0.25, 0.3) is 5.91 Å². The van der Waals surface area contributed by atoms with E-state index < -0.39 is 0 Å². The fraction of sp³-hybridized carbons (Fsp3) is 0.500. The molecule has 0 aliphatic carbocycles. The Labute approximate surface area is 112 Å². The van der Waals surface area contributed by atoms with Crippen LogP contribution in [0.4, 0.5) is 0 Å². The molecule has 0 saturated carbocycles. The maximum atomic E-state index is 12.2. The lowest BCUT2D eigenvalue weighted by Crippen LogP contribution is -2.47. The summed E-state index contributed by atoms with van der Waals surface area (Å²) < 4.78 is 0. The summed E-state index contributed by atoms with van der Waals surface area (Å²) in [5, 5.41) is 3.85. The van der Waals surface area contributed by atoms with Crippen molar-refractivity contribution in [1.29, 1.82) is 0 Å². The van der Waals surface area contributed by atoms with Crippen molar-refractivity contribution in [2.24, 2.45) is 0 Å². The highest BCUT2D eigenvalue weighted by atomic mass is 79.9. The SMILES string of the molecule is CCC(C)(CBr)NC(=O)c1cc(C)ccc1C. The molecule has 0 bridgehead atoms. The second-order valence-corrected chi connectivity index (χ2v) is 5.38. The van der Waals surface area contributed by atoms with Crippen LogP contribution < -0.4 is 5.32 Å². The van der Waals surface area contributed by atoms with E-state index in [9.17, 15) is 4.79 Å². The lowest BCUT2D eigenvalue weighted by molar-refractivity contribution is 0.0912. The van der Waals surface area contributed by atoms with Gasteiger partial charge in [0, 0.05) is 16.4 Å². The van der Waals surface area contributed by atoms with Crippen LogP contribution in [0.25, 0.3) is 0 Å². The number of halogens is 1. The lowest BCUT2D eigenvalue weighted by Gasteiger charge is -2.27. The molecule has 0 aromatic heterocycles. The van der Waals surface area contributed by atoms with Gasteiger partial charge in [-0.15, -0.1) is 0 Å². The molecule has 17 heavy (non-hydrogen) atoms. The highest BCUT2D eigenvalue weighted by Gasteiger charge is 2.24. The second kappa shape index (κ2) is 5.67. The van der Waals surface area contributed by atoms with Crippen molar-refractivity contribution < 1.29 is 4.79 Å². The quantitative estimate of drug-likeness (QED) is 0.846. The van der Waals surface area contributed by atoms with Crippen molar-refractivity contribution in [1.82, 2.24) is 5.32 Å². The van der Waals surface area contributed by atoms with Crippen molar-refractivity contribution in [2.45, 2.75) is 39.7 Å². The van der Waals surface area contributed by atoms with Crippen LogP contribution in [-0.2, 0) is 0 Å². The summed E-state index contributed by atoms with van der Waals surface area (Å²) in [5.74, 6) is 0.00926. The van der Waals surface area contributed by atoms with Crippen LogP contribution in [0.5, 0.6) is 0 Å². The summed E-state index contributed by atoms with van der Waals surface area (Å²) >= 11 is 3.45. The molecule has 0 spiro atoms. The summed E-state index contributed by atoms with van der Waals surface area (Å²) in [6.45, 7) is 8.08. The molecule has 1 unspecified atom stereocenters. The maximum absolute atomic E-state index is 12.2. The molecule has 2 nitrogen and oxygen atoms in total. The number of alkyl halides is 1. The standard InChI is InChI=1S/C14H20BrNO/c1-5-14(4,9-15)16-13(17)12-8-10(2)6-7-11(12)3/h6-8H,5,9H2,1-4H3,(H,16,17). The number of carbonyl (C=O) groups excluding carboxylic acids is 1. The molecule has 0 fully saturated rings. The molecule has 1 N–H and O–H groups in total. The molecule has 1 aromatic rings. The van der Waals surface area contributed by atoms with Crippen LogP contribution >= 0.6 is 15.9 Å². The molecule has 0 radical (unpaired) electrons. The van der Waals surface area contributed by atoms with Crippen molar-refractivity contribution in [3.8, 4) is 0 Å². The molecule has 0 heterocycles. The minimum absolute atomic E-state index is 0.00926. The van der Waals surface area contributed by atoms with Crippen LogP contribution in [0.1, 0.15) is 41.8 Å². The van der Waals surface area contributed by atoms with Gasteiger partial charge in [-0.3, -0.25) is 4.79 Å². The Bertz CT molecular complexity index is 411. The first-order chi connectivity index (χ1) is 7.91. The van der Waals surface area contributed by atoms with Crippen molar-refractivity contribution in [3.63, 3.8) is 0 Å². The van der Waals surface area contributed by atoms with E-state index in [1.165, 1.54) is 0 Å². The molecule has 0 aliphatic heterocycles. The number of nitrogens with one attached hydrogen (secondary N) is 1. The Morgan fingerprint density at radius 2 is 2.06 bits per heavy atom. The summed E-state index contributed by atoms with van der Waals surface area (Å²) in [5.41, 5.74) is 2.71. The number of carbonyl (C=O) groups is 1. The lowest BCUT2D eigenvalue weighted by atomic mass is 9.99. The Kier molecular flexibility index (Phi) is 4.75. The van der Waals surface area contributed by atoms with Gasteiger partial charge in [0.15, 0.2) is 0 Å². The molecule has 3 heteroatoms. The normalized spacial score (nSPS) is 14.2. The first kappa shape index (κ1) is 14.2. The molecule has 1 amide bonds. The van der Waals surface area contributed by atoms with Crippen LogP contribution in [0.3, 0.4) is 0 Å². The van der Waals surface area contributed by atoms with Gasteiger partial charge >= 0.3 is 0 Å². The fourth-order valence-electron chi connectivity index (χ4n) is 1.54. The Balaban J connectivity index is 2.94. The molecular formula is C14H20BrNO. The topological polar surface area (TPSA) is 29.1 Å². The number of hydrogen-bond acceptors (Lipinski definition) is 1. The molecular weight excluding hydrogens is 278 g/mol. The van der Waals surface area contributed by atoms with E-state index in [1.807, 2.05) is 39.0 Å². The molecule has 0 saturated heterocycles. The molecule has 1 atom stereocenters. The van der Waals surface area contributed by atoms with Gasteiger partial charge in [-0.1, -0.05) is 40.5 Å². The number of amides is 1. The predicted octanol–water partition coefficient (Wildman–Crippen LogP) is 3.60. The molecule has 1 aromatic carbocycles. The summed E-state index contributed by atoms with van der Waals surface area (Å²) in [7, 11) is 0. The molecule has 94 valence electrons. The highest BCUT2D eigenvalue weighted by molar-refractivity contribution is 9.09. The minimum Gasteiger partial charge on any atom is -0.346 e. The Morgan fingerprint density at radius 3 is 2.59 bits per heavy atom. The summed E-state index contributed by atoms with van der Waals surface area (Å²) in [4.78, 5) is 12.2. The summed E-state index contributed by atoms with van der Waals surface area (Å²) in [6.07, 6.45) is 0.898. The first-order valence-electron chi connectivity index (χ1n) is 5.87. The van der Waals surface area contributed by atoms with E-state index in [4.69, 9.17) is 0 Å². The van der Waals surface area contributed by atoms with Crippen LogP contribution in [0.2, 0.25) is 0 Å². The van der Waals surface area contributed by atoms with Gasteiger partial charge in [-0.2, -0.15) is 0 Å². The molecule has 0 aliphatic rings. The predicted molar refractivity (Wildman–Crippen MR) is 75.9 cm³/mol. The second-order valence-electron chi connectivity index (χ2n) is 4.82. The van der Waals surface area contributed by atoms with E-state index in [-0.39, 0.29) is 11.4 Å². The fourth-order valence-corrected chi connectivity index (χ4v) is 2.07. The van der Waals surface area contributed by atoms with Crippen molar-refractivity contribution >= 4 is 21.8 Å². The van der Waals surface area contributed by atoms with Crippen LogP contribution in [0, 0.1) is 13.8 Å². The van der Waals surface area contributed by atoms with E-state index in [0.717, 1.165) is 28.4 Å². The van der Waals surface area contributed by atoms with Crippen LogP contribution in [-0.4, -0.2) is 16.8 Å². The Morgan fingerprint density at radius 1 is 1.41 bits per heavy atom. The number of rotatable bonds is 4. The van der Waals surface area contributed by atoms with Gasteiger partial charge in [0.1, 0.15) is 0 Å². The number of hydrogen-bond donors (Lipinski definition) is 1. The Hall–Kier alpha value is -0.830. The van der Waals surface area contributed by atoms with Gasteiger partial charge < -0.3 is 5.32 Å². The zero-order chi connectivity index (χ0) is 13.1.